The highest BCUT2D eigenvalue weighted by atomic mass is 16.1. The van der Waals surface area contributed by atoms with Crippen molar-refractivity contribution in [3.63, 3.8) is 0 Å². The van der Waals surface area contributed by atoms with Crippen LogP contribution in [0.1, 0.15) is 22.5 Å². The van der Waals surface area contributed by atoms with Crippen LogP contribution in [0.5, 0.6) is 0 Å². The Morgan fingerprint density at radius 1 is 1.12 bits per heavy atom. The first-order valence-corrected chi connectivity index (χ1v) is 5.64. The molecular weight excluding hydrogens is 212 g/mol. The Kier molecular flexibility index (Phi) is 2.84. The average Bonchev–Trinajstić information content (AvgIpc) is 2.24. The van der Waals surface area contributed by atoms with Crippen molar-refractivity contribution in [2.45, 2.75) is 27.7 Å². The lowest BCUT2D eigenvalue weighted by atomic mass is 10.0. The molecule has 0 unspecified atom stereocenters. The van der Waals surface area contributed by atoms with Gasteiger partial charge in [0.05, 0.1) is 5.69 Å². The second-order valence-corrected chi connectivity index (χ2v) is 4.44. The number of aromatic nitrogens is 2. The molecule has 1 N–H and O–H groups in total. The molecule has 17 heavy (non-hydrogen) atoms. The van der Waals surface area contributed by atoms with Crippen molar-refractivity contribution in [1.82, 2.24) is 9.97 Å². The number of rotatable bonds is 1. The number of hydrogen-bond acceptors (Lipinski definition) is 2. The molecule has 0 radical (unpaired) electrons. The van der Waals surface area contributed by atoms with Gasteiger partial charge in [0, 0.05) is 11.1 Å². The van der Waals surface area contributed by atoms with Crippen LogP contribution >= 0.6 is 0 Å². The number of H-pyrrole nitrogens is 1. The van der Waals surface area contributed by atoms with Gasteiger partial charge in [-0.15, -0.1) is 0 Å². The molecular formula is C14H16N2O. The Labute approximate surface area is 101 Å². The molecule has 0 amide bonds. The van der Waals surface area contributed by atoms with E-state index in [2.05, 4.69) is 23.0 Å². The standard InChI is InChI=1S/C14H16N2O/c1-8-5-6-12(9(2)7-8)13-10(3)14(17)16-11(4)15-13/h5-7H,1-4H3,(H,15,16,17). The third-order valence-corrected chi connectivity index (χ3v) is 2.91. The normalized spacial score (nSPS) is 10.6. The van der Waals surface area contributed by atoms with E-state index in [0.717, 1.165) is 16.8 Å². The maximum atomic E-state index is 11.7. The zero-order chi connectivity index (χ0) is 12.6. The maximum Gasteiger partial charge on any atom is 0.254 e. The lowest BCUT2D eigenvalue weighted by Crippen LogP contribution is -2.14. The summed E-state index contributed by atoms with van der Waals surface area (Å²) in [5.74, 6) is 0.649. The van der Waals surface area contributed by atoms with Gasteiger partial charge in [-0.25, -0.2) is 4.98 Å². The summed E-state index contributed by atoms with van der Waals surface area (Å²) in [7, 11) is 0. The quantitative estimate of drug-likeness (QED) is 0.815. The first-order chi connectivity index (χ1) is 7.99. The van der Waals surface area contributed by atoms with Crippen molar-refractivity contribution in [3.05, 3.63) is 51.1 Å². The summed E-state index contributed by atoms with van der Waals surface area (Å²) in [6, 6.07) is 6.17. The SMILES string of the molecule is Cc1ccc(-c2nc(C)[nH]c(=O)c2C)c(C)c1. The summed E-state index contributed by atoms with van der Waals surface area (Å²) < 4.78 is 0. The molecule has 1 aromatic carbocycles. The van der Waals surface area contributed by atoms with Crippen molar-refractivity contribution < 1.29 is 0 Å². The van der Waals surface area contributed by atoms with Crippen molar-refractivity contribution in [2.75, 3.05) is 0 Å². The summed E-state index contributed by atoms with van der Waals surface area (Å²) in [5.41, 5.74) is 4.78. The Bertz CT molecular complexity index is 627. The van der Waals surface area contributed by atoms with Gasteiger partial charge >= 0.3 is 0 Å². The third kappa shape index (κ3) is 2.13. The molecule has 0 aliphatic heterocycles. The van der Waals surface area contributed by atoms with Crippen molar-refractivity contribution in [1.29, 1.82) is 0 Å². The van der Waals surface area contributed by atoms with E-state index in [-0.39, 0.29) is 5.56 Å². The van der Waals surface area contributed by atoms with Gasteiger partial charge in [-0.3, -0.25) is 4.79 Å². The minimum atomic E-state index is -0.0625. The Balaban J connectivity index is 2.72. The molecule has 1 aromatic heterocycles. The Morgan fingerprint density at radius 2 is 1.82 bits per heavy atom. The van der Waals surface area contributed by atoms with Crippen LogP contribution in [0.3, 0.4) is 0 Å². The highest BCUT2D eigenvalue weighted by Crippen LogP contribution is 2.23. The second kappa shape index (κ2) is 4.17. The zero-order valence-corrected chi connectivity index (χ0v) is 10.6. The lowest BCUT2D eigenvalue weighted by molar-refractivity contribution is 0.998. The van der Waals surface area contributed by atoms with Gasteiger partial charge in [0.1, 0.15) is 5.82 Å². The molecule has 2 aromatic rings. The van der Waals surface area contributed by atoms with Crippen LogP contribution in [0, 0.1) is 27.7 Å². The first-order valence-electron chi connectivity index (χ1n) is 5.64. The number of hydrogen-bond donors (Lipinski definition) is 1. The Hall–Kier alpha value is -1.90. The van der Waals surface area contributed by atoms with E-state index in [0.29, 0.717) is 11.4 Å². The molecule has 88 valence electrons. The Morgan fingerprint density at radius 3 is 2.47 bits per heavy atom. The molecule has 3 heteroatoms. The van der Waals surface area contributed by atoms with Crippen LogP contribution in [-0.2, 0) is 0 Å². The monoisotopic (exact) mass is 228 g/mol. The smallest absolute Gasteiger partial charge is 0.254 e. The van der Waals surface area contributed by atoms with Crippen LogP contribution in [0.25, 0.3) is 11.3 Å². The number of aryl methyl sites for hydroxylation is 3. The summed E-state index contributed by atoms with van der Waals surface area (Å²) in [6.07, 6.45) is 0. The van der Waals surface area contributed by atoms with Crippen molar-refractivity contribution >= 4 is 0 Å². The fourth-order valence-corrected chi connectivity index (χ4v) is 1.99. The minimum absolute atomic E-state index is 0.0625. The molecule has 0 saturated heterocycles. The molecule has 3 nitrogen and oxygen atoms in total. The second-order valence-electron chi connectivity index (χ2n) is 4.44. The minimum Gasteiger partial charge on any atom is -0.311 e. The number of aromatic amines is 1. The summed E-state index contributed by atoms with van der Waals surface area (Å²) in [5, 5.41) is 0. The molecule has 2 rings (SSSR count). The van der Waals surface area contributed by atoms with E-state index in [9.17, 15) is 4.79 Å². The predicted molar refractivity (Wildman–Crippen MR) is 69.2 cm³/mol. The molecule has 1 heterocycles. The fourth-order valence-electron chi connectivity index (χ4n) is 1.99. The van der Waals surface area contributed by atoms with Crippen LogP contribution < -0.4 is 5.56 Å². The summed E-state index contributed by atoms with van der Waals surface area (Å²) in [6.45, 7) is 7.70. The largest absolute Gasteiger partial charge is 0.311 e. The van der Waals surface area contributed by atoms with Crippen LogP contribution in [0.4, 0.5) is 0 Å². The zero-order valence-electron chi connectivity index (χ0n) is 10.6. The van der Waals surface area contributed by atoms with Gasteiger partial charge in [0.15, 0.2) is 0 Å². The topological polar surface area (TPSA) is 45.8 Å². The van der Waals surface area contributed by atoms with E-state index < -0.39 is 0 Å². The van der Waals surface area contributed by atoms with E-state index in [1.807, 2.05) is 19.1 Å². The molecule has 0 bridgehead atoms. The molecule has 0 aliphatic carbocycles. The van der Waals surface area contributed by atoms with Crippen LogP contribution in [0.2, 0.25) is 0 Å². The van der Waals surface area contributed by atoms with Gasteiger partial charge in [-0.1, -0.05) is 23.8 Å². The van der Waals surface area contributed by atoms with E-state index >= 15 is 0 Å². The van der Waals surface area contributed by atoms with Gasteiger partial charge in [0.25, 0.3) is 5.56 Å². The summed E-state index contributed by atoms with van der Waals surface area (Å²) in [4.78, 5) is 18.9. The van der Waals surface area contributed by atoms with Gasteiger partial charge in [0.2, 0.25) is 0 Å². The predicted octanol–water partition coefficient (Wildman–Crippen LogP) is 2.67. The first kappa shape index (κ1) is 11.6. The molecule has 0 atom stereocenters. The van der Waals surface area contributed by atoms with E-state index in [1.165, 1.54) is 5.56 Å². The number of benzene rings is 1. The molecule has 0 aliphatic rings. The maximum absolute atomic E-state index is 11.7. The number of nitrogens with zero attached hydrogens (tertiary/aromatic N) is 1. The summed E-state index contributed by atoms with van der Waals surface area (Å²) >= 11 is 0. The van der Waals surface area contributed by atoms with Gasteiger partial charge in [-0.2, -0.15) is 0 Å². The van der Waals surface area contributed by atoms with Crippen LogP contribution in [-0.4, -0.2) is 9.97 Å². The fraction of sp³-hybridized carbons (Fsp3) is 0.286. The van der Waals surface area contributed by atoms with Crippen molar-refractivity contribution in [2.24, 2.45) is 0 Å². The molecule has 0 fully saturated rings. The van der Waals surface area contributed by atoms with Gasteiger partial charge in [-0.05, 0) is 33.3 Å². The van der Waals surface area contributed by atoms with E-state index in [1.54, 1.807) is 13.8 Å². The third-order valence-electron chi connectivity index (χ3n) is 2.91. The van der Waals surface area contributed by atoms with Crippen LogP contribution in [0.15, 0.2) is 23.0 Å². The molecule has 0 spiro atoms. The average molecular weight is 228 g/mol. The lowest BCUT2D eigenvalue weighted by Gasteiger charge is -2.09. The number of nitrogens with one attached hydrogen (secondary N) is 1. The van der Waals surface area contributed by atoms with E-state index in [4.69, 9.17) is 0 Å². The highest BCUT2D eigenvalue weighted by molar-refractivity contribution is 5.66. The van der Waals surface area contributed by atoms with Crippen molar-refractivity contribution in [3.8, 4) is 11.3 Å². The van der Waals surface area contributed by atoms with Gasteiger partial charge < -0.3 is 4.98 Å². The molecule has 0 saturated carbocycles. The highest BCUT2D eigenvalue weighted by Gasteiger charge is 2.10.